The SMILES string of the molecule is CCCC(CC(=O)O)N(C(=O)OCC)C(C)(C)C. The number of hydrogen-bond acceptors (Lipinski definition) is 3. The third-order valence-corrected chi connectivity index (χ3v) is 2.58. The Bertz CT molecular complexity index is 283. The highest BCUT2D eigenvalue weighted by Gasteiger charge is 2.34. The highest BCUT2D eigenvalue weighted by Crippen LogP contribution is 2.23. The fourth-order valence-electron chi connectivity index (χ4n) is 2.02. The first-order valence-corrected chi connectivity index (χ1v) is 6.41. The van der Waals surface area contributed by atoms with Crippen LogP contribution < -0.4 is 0 Å². The van der Waals surface area contributed by atoms with E-state index < -0.39 is 17.6 Å². The van der Waals surface area contributed by atoms with Crippen molar-refractivity contribution in [2.45, 2.75) is 65.5 Å². The van der Waals surface area contributed by atoms with E-state index in [1.54, 1.807) is 11.8 Å². The van der Waals surface area contributed by atoms with Crippen molar-refractivity contribution in [1.29, 1.82) is 0 Å². The van der Waals surface area contributed by atoms with E-state index in [1.807, 2.05) is 27.7 Å². The Balaban J connectivity index is 5.09. The van der Waals surface area contributed by atoms with Crippen molar-refractivity contribution >= 4 is 12.1 Å². The number of hydrogen-bond donors (Lipinski definition) is 1. The number of carboxylic acids is 1. The molecule has 5 nitrogen and oxygen atoms in total. The third kappa shape index (κ3) is 5.38. The molecule has 1 amide bonds. The van der Waals surface area contributed by atoms with Crippen molar-refractivity contribution in [2.75, 3.05) is 6.61 Å². The van der Waals surface area contributed by atoms with E-state index in [4.69, 9.17) is 9.84 Å². The highest BCUT2D eigenvalue weighted by atomic mass is 16.6. The van der Waals surface area contributed by atoms with E-state index in [1.165, 1.54) is 0 Å². The molecule has 106 valence electrons. The van der Waals surface area contributed by atoms with Gasteiger partial charge in [-0.25, -0.2) is 4.79 Å². The summed E-state index contributed by atoms with van der Waals surface area (Å²) in [6.45, 7) is 9.65. The van der Waals surface area contributed by atoms with Gasteiger partial charge in [0, 0.05) is 11.6 Å². The highest BCUT2D eigenvalue weighted by molar-refractivity contribution is 5.72. The molecule has 0 aromatic carbocycles. The Kier molecular flexibility index (Phi) is 6.73. The molecule has 0 spiro atoms. The molecule has 0 aromatic heterocycles. The number of carboxylic acid groups (broad SMARTS) is 1. The van der Waals surface area contributed by atoms with Gasteiger partial charge in [-0.1, -0.05) is 13.3 Å². The lowest BCUT2D eigenvalue weighted by Crippen LogP contribution is -2.52. The molecular weight excluding hydrogens is 234 g/mol. The largest absolute Gasteiger partial charge is 0.481 e. The van der Waals surface area contributed by atoms with Crippen LogP contribution in [0.5, 0.6) is 0 Å². The van der Waals surface area contributed by atoms with E-state index >= 15 is 0 Å². The maximum Gasteiger partial charge on any atom is 0.410 e. The molecule has 0 aliphatic heterocycles. The van der Waals surface area contributed by atoms with Crippen molar-refractivity contribution in [3.8, 4) is 0 Å². The first kappa shape index (κ1) is 16.7. The van der Waals surface area contributed by atoms with Crippen LogP contribution in [0.1, 0.15) is 53.9 Å². The van der Waals surface area contributed by atoms with Crippen LogP contribution in [0.4, 0.5) is 4.79 Å². The van der Waals surface area contributed by atoms with Crippen LogP contribution >= 0.6 is 0 Å². The minimum absolute atomic E-state index is 0.0517. The molecule has 0 radical (unpaired) electrons. The minimum atomic E-state index is -0.896. The average Bonchev–Trinajstić information content (AvgIpc) is 2.14. The maximum atomic E-state index is 12.0. The zero-order valence-electron chi connectivity index (χ0n) is 12.0. The smallest absolute Gasteiger partial charge is 0.410 e. The third-order valence-electron chi connectivity index (χ3n) is 2.58. The molecular formula is C13H25NO4. The topological polar surface area (TPSA) is 66.8 Å². The summed E-state index contributed by atoms with van der Waals surface area (Å²) in [7, 11) is 0. The number of rotatable bonds is 6. The molecule has 0 aliphatic rings. The van der Waals surface area contributed by atoms with Gasteiger partial charge in [0.15, 0.2) is 0 Å². The number of aliphatic carboxylic acids is 1. The summed E-state index contributed by atoms with van der Waals surface area (Å²) in [5.74, 6) is -0.896. The number of amides is 1. The summed E-state index contributed by atoms with van der Waals surface area (Å²) in [5, 5.41) is 8.96. The predicted molar refractivity (Wildman–Crippen MR) is 69.6 cm³/mol. The number of ether oxygens (including phenoxy) is 1. The van der Waals surface area contributed by atoms with Gasteiger partial charge in [-0.15, -0.1) is 0 Å². The van der Waals surface area contributed by atoms with E-state index in [9.17, 15) is 9.59 Å². The second-order valence-corrected chi connectivity index (χ2v) is 5.28. The summed E-state index contributed by atoms with van der Waals surface area (Å²) in [6.07, 6.45) is 0.987. The van der Waals surface area contributed by atoms with Crippen molar-refractivity contribution in [3.63, 3.8) is 0 Å². The van der Waals surface area contributed by atoms with E-state index in [-0.39, 0.29) is 19.1 Å². The van der Waals surface area contributed by atoms with Gasteiger partial charge in [-0.2, -0.15) is 0 Å². The van der Waals surface area contributed by atoms with Gasteiger partial charge in [-0.3, -0.25) is 9.69 Å². The lowest BCUT2D eigenvalue weighted by atomic mass is 9.99. The summed E-state index contributed by atoms with van der Waals surface area (Å²) < 4.78 is 5.03. The van der Waals surface area contributed by atoms with E-state index in [2.05, 4.69) is 0 Å². The molecule has 0 aliphatic carbocycles. The first-order valence-electron chi connectivity index (χ1n) is 6.41. The van der Waals surface area contributed by atoms with Crippen LogP contribution in [0.25, 0.3) is 0 Å². The molecule has 0 rings (SSSR count). The first-order chi connectivity index (χ1) is 8.23. The summed E-state index contributed by atoms with van der Waals surface area (Å²) in [5.41, 5.74) is -0.457. The molecule has 1 unspecified atom stereocenters. The lowest BCUT2D eigenvalue weighted by molar-refractivity contribution is -0.138. The monoisotopic (exact) mass is 259 g/mol. The molecule has 0 saturated carbocycles. The van der Waals surface area contributed by atoms with Crippen molar-refractivity contribution in [3.05, 3.63) is 0 Å². The molecule has 0 bridgehead atoms. The fraction of sp³-hybridized carbons (Fsp3) is 0.846. The van der Waals surface area contributed by atoms with Gasteiger partial charge in [0.25, 0.3) is 0 Å². The molecule has 0 fully saturated rings. The molecule has 18 heavy (non-hydrogen) atoms. The van der Waals surface area contributed by atoms with Gasteiger partial charge in [0.1, 0.15) is 0 Å². The van der Waals surface area contributed by atoms with Crippen molar-refractivity contribution in [1.82, 2.24) is 4.90 Å². The fourth-order valence-corrected chi connectivity index (χ4v) is 2.02. The number of nitrogens with zero attached hydrogens (tertiary/aromatic N) is 1. The van der Waals surface area contributed by atoms with E-state index in [0.29, 0.717) is 6.42 Å². The van der Waals surface area contributed by atoms with Crippen LogP contribution in [0.15, 0.2) is 0 Å². The zero-order valence-corrected chi connectivity index (χ0v) is 12.0. The second-order valence-electron chi connectivity index (χ2n) is 5.28. The molecule has 1 atom stereocenters. The second kappa shape index (κ2) is 7.24. The average molecular weight is 259 g/mol. The molecule has 0 saturated heterocycles. The number of carbonyl (C=O) groups excluding carboxylic acids is 1. The van der Waals surface area contributed by atoms with Gasteiger partial charge in [0.05, 0.1) is 13.0 Å². The van der Waals surface area contributed by atoms with Crippen molar-refractivity contribution < 1.29 is 19.4 Å². The maximum absolute atomic E-state index is 12.0. The normalized spacial score (nSPS) is 12.9. The van der Waals surface area contributed by atoms with Crippen LogP contribution in [0.3, 0.4) is 0 Å². The number of carbonyl (C=O) groups is 2. The van der Waals surface area contributed by atoms with Gasteiger partial charge in [0.2, 0.25) is 0 Å². The quantitative estimate of drug-likeness (QED) is 0.796. The van der Waals surface area contributed by atoms with Crippen LogP contribution in [-0.4, -0.2) is 40.3 Å². The van der Waals surface area contributed by atoms with Crippen LogP contribution in [0, 0.1) is 0 Å². The lowest BCUT2D eigenvalue weighted by Gasteiger charge is -2.40. The van der Waals surface area contributed by atoms with E-state index in [0.717, 1.165) is 6.42 Å². The molecule has 0 aromatic rings. The van der Waals surface area contributed by atoms with Crippen LogP contribution in [-0.2, 0) is 9.53 Å². The van der Waals surface area contributed by atoms with Crippen LogP contribution in [0.2, 0.25) is 0 Å². The molecule has 1 N–H and O–H groups in total. The predicted octanol–water partition coefficient (Wildman–Crippen LogP) is 2.89. The summed E-state index contributed by atoms with van der Waals surface area (Å²) in [6, 6.07) is -0.327. The minimum Gasteiger partial charge on any atom is -0.481 e. The molecule has 0 heterocycles. The summed E-state index contributed by atoms with van der Waals surface area (Å²) in [4.78, 5) is 24.5. The molecule has 5 heteroatoms. The van der Waals surface area contributed by atoms with Crippen molar-refractivity contribution in [2.24, 2.45) is 0 Å². The Morgan fingerprint density at radius 1 is 1.28 bits per heavy atom. The standard InChI is InChI=1S/C13H25NO4/c1-6-8-10(9-11(15)16)14(13(3,4)5)12(17)18-7-2/h10H,6-9H2,1-5H3,(H,15,16). The Hall–Kier alpha value is -1.26. The van der Waals surface area contributed by atoms with Gasteiger partial charge < -0.3 is 9.84 Å². The Morgan fingerprint density at radius 3 is 2.17 bits per heavy atom. The van der Waals surface area contributed by atoms with Gasteiger partial charge >= 0.3 is 12.1 Å². The Labute approximate surface area is 109 Å². The Morgan fingerprint density at radius 2 is 1.83 bits per heavy atom. The zero-order chi connectivity index (χ0) is 14.3. The van der Waals surface area contributed by atoms with Gasteiger partial charge in [-0.05, 0) is 34.1 Å². The summed E-state index contributed by atoms with van der Waals surface area (Å²) >= 11 is 0.